The van der Waals surface area contributed by atoms with Crippen molar-refractivity contribution < 1.29 is 23.9 Å². The fourth-order valence-electron chi connectivity index (χ4n) is 6.98. The normalized spacial score (nSPS) is 23.6. The van der Waals surface area contributed by atoms with Crippen LogP contribution in [0.2, 0.25) is 10.0 Å². The minimum absolute atomic E-state index is 0.0508. The number of imide groups is 1. The van der Waals surface area contributed by atoms with Crippen molar-refractivity contribution in [2.75, 3.05) is 24.7 Å². The highest BCUT2D eigenvalue weighted by Crippen LogP contribution is 2.45. The van der Waals surface area contributed by atoms with Gasteiger partial charge in [-0.15, -0.1) is 0 Å². The first kappa shape index (κ1) is 32.8. The maximum Gasteiger partial charge on any atom is 0.264 e. The van der Waals surface area contributed by atoms with Crippen molar-refractivity contribution in [1.29, 1.82) is 0 Å². The highest BCUT2D eigenvalue weighted by molar-refractivity contribution is 6.42. The molecule has 1 saturated carbocycles. The number of anilines is 1. The molecular formula is C36H34Cl2N6O5. The van der Waals surface area contributed by atoms with Crippen LogP contribution in [0, 0.1) is 5.92 Å². The molecule has 1 aliphatic carbocycles. The Morgan fingerprint density at radius 2 is 1.55 bits per heavy atom. The summed E-state index contributed by atoms with van der Waals surface area (Å²) in [7, 11) is 0. The molecule has 3 heterocycles. The van der Waals surface area contributed by atoms with Gasteiger partial charge in [-0.3, -0.25) is 19.4 Å². The van der Waals surface area contributed by atoms with E-state index in [9.17, 15) is 14.4 Å². The molecule has 13 heteroatoms. The summed E-state index contributed by atoms with van der Waals surface area (Å²) in [5, 5.41) is 16.3. The van der Waals surface area contributed by atoms with Crippen molar-refractivity contribution in [1.82, 2.24) is 10.0 Å². The smallest absolute Gasteiger partial charge is 0.264 e. The van der Waals surface area contributed by atoms with Crippen LogP contribution in [0.1, 0.15) is 50.3 Å². The molecule has 49 heavy (non-hydrogen) atoms. The first-order valence-corrected chi connectivity index (χ1v) is 17.1. The summed E-state index contributed by atoms with van der Waals surface area (Å²) in [6.45, 7) is 4.69. The molecule has 7 rings (SSSR count). The van der Waals surface area contributed by atoms with Gasteiger partial charge in [-0.2, -0.15) is 10.2 Å². The Kier molecular flexibility index (Phi) is 9.13. The molecular weight excluding hydrogens is 667 g/mol. The van der Waals surface area contributed by atoms with Crippen molar-refractivity contribution in [3.8, 4) is 11.5 Å². The summed E-state index contributed by atoms with van der Waals surface area (Å²) in [5.74, 6) is -0.0988. The van der Waals surface area contributed by atoms with Gasteiger partial charge >= 0.3 is 0 Å². The van der Waals surface area contributed by atoms with Gasteiger partial charge in [0.2, 0.25) is 0 Å². The van der Waals surface area contributed by atoms with E-state index < -0.39 is 29.9 Å². The van der Waals surface area contributed by atoms with E-state index in [2.05, 4.69) is 16.4 Å². The minimum Gasteiger partial charge on any atom is -0.494 e. The maximum atomic E-state index is 14.3. The predicted molar refractivity (Wildman–Crippen MR) is 186 cm³/mol. The van der Waals surface area contributed by atoms with Crippen molar-refractivity contribution in [3.05, 3.63) is 93.5 Å². The van der Waals surface area contributed by atoms with Crippen LogP contribution in [0.15, 0.2) is 87.7 Å². The summed E-state index contributed by atoms with van der Waals surface area (Å²) in [4.78, 5) is 42.3. The van der Waals surface area contributed by atoms with E-state index in [1.54, 1.807) is 18.2 Å². The first-order chi connectivity index (χ1) is 23.8. The number of rotatable bonds is 9. The quantitative estimate of drug-likeness (QED) is 0.224. The van der Waals surface area contributed by atoms with Crippen molar-refractivity contribution >= 4 is 58.4 Å². The SMILES string of the molecule is CCOc1ccc(/C=C2\CCC[C@H]3C2=NN(C(=O)CN2N=N[C@@H]4C(=O)N(c5c(Cl)cccc5Cl)C(=O)[C@@H]42)[C@@H]3c2ccc(OCC)cc2)cc1. The monoisotopic (exact) mass is 700 g/mol. The second kappa shape index (κ2) is 13.6. The highest BCUT2D eigenvalue weighted by Gasteiger charge is 2.56. The van der Waals surface area contributed by atoms with Gasteiger partial charge in [0, 0.05) is 5.92 Å². The van der Waals surface area contributed by atoms with E-state index in [-0.39, 0.29) is 34.1 Å². The molecule has 0 spiro atoms. The zero-order valence-corrected chi connectivity index (χ0v) is 28.5. The van der Waals surface area contributed by atoms with Crippen LogP contribution in [-0.4, -0.2) is 65.3 Å². The summed E-state index contributed by atoms with van der Waals surface area (Å²) < 4.78 is 11.3. The maximum absolute atomic E-state index is 14.3. The Hall–Kier alpha value is -4.74. The van der Waals surface area contributed by atoms with Crippen molar-refractivity contribution in [2.45, 2.75) is 51.2 Å². The lowest BCUT2D eigenvalue weighted by Crippen LogP contribution is -2.45. The van der Waals surface area contributed by atoms with E-state index in [0.717, 1.165) is 58.1 Å². The number of allylic oxidation sites excluding steroid dienone is 1. The number of carbonyl (C=O) groups excluding carboxylic acids is 3. The molecule has 3 aliphatic heterocycles. The molecule has 252 valence electrons. The van der Waals surface area contributed by atoms with Gasteiger partial charge in [0.1, 0.15) is 18.0 Å². The van der Waals surface area contributed by atoms with Crippen molar-refractivity contribution in [3.63, 3.8) is 0 Å². The molecule has 0 aromatic heterocycles. The average molecular weight is 702 g/mol. The van der Waals surface area contributed by atoms with Gasteiger partial charge < -0.3 is 9.47 Å². The van der Waals surface area contributed by atoms with E-state index in [1.165, 1.54) is 10.0 Å². The lowest BCUT2D eigenvalue weighted by Gasteiger charge is -2.30. The highest BCUT2D eigenvalue weighted by atomic mass is 35.5. The molecule has 0 N–H and O–H groups in total. The second-order valence-electron chi connectivity index (χ2n) is 12.1. The molecule has 0 bridgehead atoms. The molecule has 4 atom stereocenters. The van der Waals surface area contributed by atoms with Crippen LogP contribution in [-0.2, 0) is 14.4 Å². The number of halogens is 2. The third kappa shape index (κ3) is 6.06. The number of carbonyl (C=O) groups is 3. The van der Waals surface area contributed by atoms with Crippen LogP contribution in [0.5, 0.6) is 11.5 Å². The third-order valence-corrected chi connectivity index (χ3v) is 9.75. The Morgan fingerprint density at radius 1 is 0.898 bits per heavy atom. The molecule has 3 amide bonds. The van der Waals surface area contributed by atoms with Crippen LogP contribution >= 0.6 is 23.2 Å². The van der Waals surface area contributed by atoms with Gasteiger partial charge in [-0.1, -0.05) is 58.8 Å². The number of hydrogen-bond acceptors (Lipinski definition) is 9. The van der Waals surface area contributed by atoms with Gasteiger partial charge in [0.25, 0.3) is 17.7 Å². The predicted octanol–water partition coefficient (Wildman–Crippen LogP) is 6.91. The average Bonchev–Trinajstić information content (AvgIpc) is 3.76. The first-order valence-electron chi connectivity index (χ1n) is 16.3. The van der Waals surface area contributed by atoms with Gasteiger partial charge in [0.05, 0.1) is 40.7 Å². The number of fused-ring (bicyclic) bond motifs is 2. The van der Waals surface area contributed by atoms with Gasteiger partial charge in [-0.05, 0) is 92.3 Å². The van der Waals surface area contributed by atoms with Crippen LogP contribution < -0.4 is 14.4 Å². The second-order valence-corrected chi connectivity index (χ2v) is 12.9. The van der Waals surface area contributed by atoms with E-state index in [1.807, 2.05) is 62.4 Å². The summed E-state index contributed by atoms with van der Waals surface area (Å²) in [6.07, 6.45) is 4.72. The number of benzene rings is 3. The largest absolute Gasteiger partial charge is 0.494 e. The van der Waals surface area contributed by atoms with Crippen LogP contribution in [0.3, 0.4) is 0 Å². The number of nitrogens with zero attached hydrogens (tertiary/aromatic N) is 6. The molecule has 0 radical (unpaired) electrons. The fraction of sp³-hybridized carbons (Fsp3) is 0.333. The van der Waals surface area contributed by atoms with E-state index >= 15 is 0 Å². The van der Waals surface area contributed by atoms with Crippen LogP contribution in [0.25, 0.3) is 6.08 Å². The van der Waals surface area contributed by atoms with Gasteiger partial charge in [0.15, 0.2) is 12.1 Å². The molecule has 0 unspecified atom stereocenters. The zero-order valence-electron chi connectivity index (χ0n) is 27.0. The standard InChI is InChI=1S/C36H34Cl2N6O5/c1-3-48-24-15-11-21(12-16-24)19-23-7-5-8-26-30(23)40-44(32(26)22-13-17-25(18-14-22)49-4-2)29(45)20-42-34-31(39-41-42)35(46)43(36(34)47)33-27(37)9-6-10-28(33)38/h6,9-19,26,31-32,34H,3-5,7-8,20H2,1-2H3/b23-19+/t26-,31-,32+,34+/m0/s1. The zero-order chi connectivity index (χ0) is 34.2. The summed E-state index contributed by atoms with van der Waals surface area (Å²) in [6, 6.07) is 17.7. The number of amides is 3. The number of para-hydroxylation sites is 1. The number of hydrogen-bond donors (Lipinski definition) is 0. The Labute approximate surface area is 293 Å². The lowest BCUT2D eigenvalue weighted by molar-refractivity contribution is -0.136. The molecule has 4 aliphatic rings. The topological polar surface area (TPSA) is 116 Å². The number of ether oxygens (including phenoxy) is 2. The molecule has 1 saturated heterocycles. The van der Waals surface area contributed by atoms with E-state index in [4.69, 9.17) is 37.8 Å². The van der Waals surface area contributed by atoms with Gasteiger partial charge in [-0.25, -0.2) is 9.91 Å². The lowest BCUT2D eigenvalue weighted by atomic mass is 9.77. The molecule has 11 nitrogen and oxygen atoms in total. The fourth-order valence-corrected chi connectivity index (χ4v) is 7.55. The molecule has 2 fully saturated rings. The molecule has 3 aromatic rings. The molecule has 3 aromatic carbocycles. The number of hydrazone groups is 1. The van der Waals surface area contributed by atoms with Crippen molar-refractivity contribution in [2.24, 2.45) is 21.4 Å². The van der Waals surface area contributed by atoms with Crippen LogP contribution in [0.4, 0.5) is 5.69 Å². The minimum atomic E-state index is -1.12. The van der Waals surface area contributed by atoms with E-state index in [0.29, 0.717) is 13.2 Å². The summed E-state index contributed by atoms with van der Waals surface area (Å²) >= 11 is 12.7. The third-order valence-electron chi connectivity index (χ3n) is 9.14. The summed E-state index contributed by atoms with van der Waals surface area (Å²) in [5.41, 5.74) is 3.95. The Bertz CT molecular complexity index is 1860. The Balaban J connectivity index is 1.19. The Morgan fingerprint density at radius 3 is 2.20 bits per heavy atom.